The highest BCUT2D eigenvalue weighted by Crippen LogP contribution is 2.32. The molecule has 0 aliphatic carbocycles. The minimum atomic E-state index is -0.0833. The van der Waals surface area contributed by atoms with Crippen LogP contribution < -0.4 is 5.32 Å². The lowest BCUT2D eigenvalue weighted by Crippen LogP contribution is -2.10. The maximum Gasteiger partial charge on any atom is 0.265 e. The number of benzene rings is 1. The highest BCUT2D eigenvalue weighted by Gasteiger charge is 2.12. The van der Waals surface area contributed by atoms with Crippen molar-refractivity contribution in [3.05, 3.63) is 48.5 Å². The van der Waals surface area contributed by atoms with Gasteiger partial charge in [-0.15, -0.1) is 11.3 Å². The van der Waals surface area contributed by atoms with Crippen molar-refractivity contribution in [2.45, 2.75) is 20.3 Å². The quantitative estimate of drug-likeness (QED) is 0.731. The van der Waals surface area contributed by atoms with Crippen molar-refractivity contribution in [1.82, 2.24) is 0 Å². The minimum Gasteiger partial charge on any atom is -0.321 e. The zero-order valence-electron chi connectivity index (χ0n) is 10.6. The lowest BCUT2D eigenvalue weighted by atomic mass is 10.1. The topological polar surface area (TPSA) is 29.1 Å². The summed E-state index contributed by atoms with van der Waals surface area (Å²) in [7, 11) is 0. The monoisotopic (exact) mass is 401 g/mol. The predicted molar refractivity (Wildman–Crippen MR) is 88.2 cm³/mol. The molecule has 0 spiro atoms. The van der Waals surface area contributed by atoms with Gasteiger partial charge in [0.05, 0.1) is 8.66 Å². The summed E-state index contributed by atoms with van der Waals surface area (Å²) in [4.78, 5) is 12.8. The number of aryl methyl sites for hydroxylation is 2. The Hall–Kier alpha value is -0.650. The van der Waals surface area contributed by atoms with Crippen molar-refractivity contribution in [2.75, 3.05) is 5.32 Å². The van der Waals surface area contributed by atoms with E-state index in [1.807, 2.05) is 18.2 Å². The normalized spacial score (nSPS) is 10.5. The molecular weight excluding hydrogens is 390 g/mol. The summed E-state index contributed by atoms with van der Waals surface area (Å²) in [5.74, 6) is -0.0833. The van der Waals surface area contributed by atoms with Gasteiger partial charge in [-0.25, -0.2) is 0 Å². The van der Waals surface area contributed by atoms with Gasteiger partial charge >= 0.3 is 0 Å². The maximum atomic E-state index is 12.1. The predicted octanol–water partition coefficient (Wildman–Crippen LogP) is 5.40. The molecule has 0 bridgehead atoms. The zero-order chi connectivity index (χ0) is 14.0. The van der Waals surface area contributed by atoms with E-state index in [4.69, 9.17) is 0 Å². The van der Waals surface area contributed by atoms with Gasteiger partial charge in [-0.1, -0.05) is 13.0 Å². The van der Waals surface area contributed by atoms with E-state index < -0.39 is 0 Å². The van der Waals surface area contributed by atoms with Gasteiger partial charge < -0.3 is 5.32 Å². The summed E-state index contributed by atoms with van der Waals surface area (Å²) in [6, 6.07) is 7.83. The molecule has 0 saturated carbocycles. The molecule has 0 unspecified atom stereocenters. The van der Waals surface area contributed by atoms with Crippen molar-refractivity contribution >= 4 is 54.8 Å². The lowest BCUT2D eigenvalue weighted by molar-refractivity contribution is 0.103. The number of carbonyl (C=O) groups excluding carboxylic acids is 1. The maximum absolute atomic E-state index is 12.1. The Labute approximate surface area is 133 Å². The number of nitrogens with one attached hydrogen (secondary N) is 1. The number of anilines is 1. The SMILES string of the molecule is CCc1ccc(NC(=O)c2cc(Br)c(Br)s2)cc1C. The summed E-state index contributed by atoms with van der Waals surface area (Å²) in [5, 5.41) is 2.92. The van der Waals surface area contributed by atoms with Crippen LogP contribution in [-0.4, -0.2) is 5.91 Å². The third-order valence-electron chi connectivity index (χ3n) is 2.85. The minimum absolute atomic E-state index is 0.0833. The highest BCUT2D eigenvalue weighted by molar-refractivity contribution is 9.13. The lowest BCUT2D eigenvalue weighted by Gasteiger charge is -2.07. The number of rotatable bonds is 3. The van der Waals surface area contributed by atoms with Gasteiger partial charge in [0.1, 0.15) is 0 Å². The molecular formula is C14H13Br2NOS. The summed E-state index contributed by atoms with van der Waals surface area (Å²) in [6.07, 6.45) is 1.00. The van der Waals surface area contributed by atoms with E-state index in [9.17, 15) is 4.79 Å². The second-order valence-corrected chi connectivity index (χ2v) is 7.41. The second kappa shape index (κ2) is 6.20. The Morgan fingerprint density at radius 2 is 2.05 bits per heavy atom. The van der Waals surface area contributed by atoms with Gasteiger partial charge in [0.15, 0.2) is 0 Å². The number of hydrogen-bond acceptors (Lipinski definition) is 2. The summed E-state index contributed by atoms with van der Waals surface area (Å²) in [6.45, 7) is 4.19. The molecule has 1 aromatic heterocycles. The molecule has 1 N–H and O–H groups in total. The van der Waals surface area contributed by atoms with Gasteiger partial charge in [0.25, 0.3) is 5.91 Å². The first-order valence-electron chi connectivity index (χ1n) is 5.87. The third kappa shape index (κ3) is 3.46. The molecule has 100 valence electrons. The van der Waals surface area contributed by atoms with Crippen molar-refractivity contribution in [1.29, 1.82) is 0 Å². The number of carbonyl (C=O) groups is 1. The first-order chi connectivity index (χ1) is 9.01. The van der Waals surface area contributed by atoms with E-state index in [2.05, 4.69) is 57.1 Å². The number of halogens is 2. The van der Waals surface area contributed by atoms with Gasteiger partial charge in [-0.3, -0.25) is 4.79 Å². The molecule has 2 aromatic rings. The fourth-order valence-electron chi connectivity index (χ4n) is 1.82. The van der Waals surface area contributed by atoms with Crippen molar-refractivity contribution < 1.29 is 4.79 Å². The molecule has 2 rings (SSSR count). The molecule has 0 atom stereocenters. The van der Waals surface area contributed by atoms with Gasteiger partial charge in [-0.2, -0.15) is 0 Å². The number of thiophene rings is 1. The van der Waals surface area contributed by atoms with Crippen LogP contribution >= 0.6 is 43.2 Å². The van der Waals surface area contributed by atoms with Crippen LogP contribution in [0.15, 0.2) is 32.5 Å². The van der Waals surface area contributed by atoms with Crippen LogP contribution in [0.4, 0.5) is 5.69 Å². The molecule has 0 aliphatic heterocycles. The van der Waals surface area contributed by atoms with E-state index >= 15 is 0 Å². The number of amides is 1. The highest BCUT2D eigenvalue weighted by atomic mass is 79.9. The largest absolute Gasteiger partial charge is 0.321 e. The Morgan fingerprint density at radius 3 is 2.58 bits per heavy atom. The summed E-state index contributed by atoms with van der Waals surface area (Å²) in [5.41, 5.74) is 3.34. The van der Waals surface area contributed by atoms with E-state index in [1.54, 1.807) is 0 Å². The van der Waals surface area contributed by atoms with Crippen LogP contribution in [-0.2, 0) is 6.42 Å². The average Bonchev–Trinajstić information content (AvgIpc) is 2.70. The molecule has 0 radical (unpaired) electrons. The molecule has 0 aliphatic rings. The van der Waals surface area contributed by atoms with Crippen molar-refractivity contribution in [2.24, 2.45) is 0 Å². The first-order valence-corrected chi connectivity index (χ1v) is 8.27. The van der Waals surface area contributed by atoms with Crippen LogP contribution in [0.5, 0.6) is 0 Å². The average molecular weight is 403 g/mol. The third-order valence-corrected chi connectivity index (χ3v) is 6.11. The Morgan fingerprint density at radius 1 is 1.32 bits per heavy atom. The fourth-order valence-corrected chi connectivity index (χ4v) is 3.75. The van der Waals surface area contributed by atoms with Crippen molar-refractivity contribution in [3.63, 3.8) is 0 Å². The first kappa shape index (κ1) is 14.8. The van der Waals surface area contributed by atoms with Crippen LogP contribution in [0, 0.1) is 6.92 Å². The molecule has 1 heterocycles. The van der Waals surface area contributed by atoms with E-state index in [1.165, 1.54) is 22.5 Å². The van der Waals surface area contributed by atoms with Gasteiger partial charge in [0, 0.05) is 10.2 Å². The van der Waals surface area contributed by atoms with E-state index in [0.29, 0.717) is 4.88 Å². The van der Waals surface area contributed by atoms with E-state index in [0.717, 1.165) is 20.4 Å². The Bertz CT molecular complexity index is 602. The van der Waals surface area contributed by atoms with E-state index in [-0.39, 0.29) is 5.91 Å². The molecule has 0 saturated heterocycles. The molecule has 0 fully saturated rings. The molecule has 19 heavy (non-hydrogen) atoms. The molecule has 1 amide bonds. The van der Waals surface area contributed by atoms with Crippen LogP contribution in [0.3, 0.4) is 0 Å². The summed E-state index contributed by atoms with van der Waals surface area (Å²) >= 11 is 8.19. The standard InChI is InChI=1S/C14H13Br2NOS/c1-3-9-4-5-10(6-8(9)2)17-14(18)12-7-11(15)13(16)19-12/h4-7H,3H2,1-2H3,(H,17,18). The fraction of sp³-hybridized carbons (Fsp3) is 0.214. The van der Waals surface area contributed by atoms with Crippen LogP contribution in [0.1, 0.15) is 27.7 Å². The van der Waals surface area contributed by atoms with Gasteiger partial charge in [-0.05, 0) is 74.5 Å². The van der Waals surface area contributed by atoms with Crippen molar-refractivity contribution in [3.8, 4) is 0 Å². The molecule has 2 nitrogen and oxygen atoms in total. The van der Waals surface area contributed by atoms with Gasteiger partial charge in [0.2, 0.25) is 0 Å². The molecule has 5 heteroatoms. The van der Waals surface area contributed by atoms with Crippen LogP contribution in [0.2, 0.25) is 0 Å². The Balaban J connectivity index is 2.17. The second-order valence-electron chi connectivity index (χ2n) is 4.18. The molecule has 1 aromatic carbocycles. The van der Waals surface area contributed by atoms with Crippen LogP contribution in [0.25, 0.3) is 0 Å². The number of hydrogen-bond donors (Lipinski definition) is 1. The zero-order valence-corrected chi connectivity index (χ0v) is 14.6. The summed E-state index contributed by atoms with van der Waals surface area (Å²) < 4.78 is 1.83. The Kier molecular flexibility index (Phi) is 4.81. The smallest absolute Gasteiger partial charge is 0.265 e.